The molecular weight excluding hydrogens is 327 g/mol. The summed E-state index contributed by atoms with van der Waals surface area (Å²) in [5.74, 6) is 2.02. The van der Waals surface area contributed by atoms with Crippen molar-refractivity contribution in [3.05, 3.63) is 29.0 Å². The predicted molar refractivity (Wildman–Crippen MR) is 93.6 cm³/mol. The summed E-state index contributed by atoms with van der Waals surface area (Å²) in [5, 5.41) is 6.01. The number of anilines is 1. The van der Waals surface area contributed by atoms with Crippen LogP contribution >= 0.6 is 11.6 Å². The monoisotopic (exact) mass is 350 g/mol. The van der Waals surface area contributed by atoms with Crippen LogP contribution in [0.3, 0.4) is 0 Å². The number of nitrogens with one attached hydrogen (secondary N) is 2. The van der Waals surface area contributed by atoms with Crippen LogP contribution in [0.15, 0.2) is 18.2 Å². The van der Waals surface area contributed by atoms with Crippen LogP contribution in [-0.4, -0.2) is 12.1 Å². The van der Waals surface area contributed by atoms with Gasteiger partial charge >= 0.3 is 6.03 Å². The summed E-state index contributed by atoms with van der Waals surface area (Å²) in [7, 11) is 0. The van der Waals surface area contributed by atoms with Crippen molar-refractivity contribution in [2.24, 2.45) is 23.2 Å². The molecule has 4 aliphatic rings. The lowest BCUT2D eigenvalue weighted by atomic mass is 9.48. The molecule has 1 aromatic rings. The molecule has 0 aromatic heterocycles. The maximum absolute atomic E-state index is 13.8. The maximum atomic E-state index is 13.8. The van der Waals surface area contributed by atoms with Gasteiger partial charge in [-0.1, -0.05) is 11.6 Å². The number of hydrogen-bond donors (Lipinski definition) is 2. The number of urea groups is 1. The van der Waals surface area contributed by atoms with Crippen molar-refractivity contribution < 1.29 is 9.18 Å². The molecule has 3 nitrogen and oxygen atoms in total. The molecule has 0 aliphatic heterocycles. The Bertz CT molecular complexity index is 627. The zero-order valence-electron chi connectivity index (χ0n) is 13.9. The fourth-order valence-corrected chi connectivity index (χ4v) is 5.97. The second-order valence-corrected chi connectivity index (χ2v) is 8.66. The first-order valence-electron chi connectivity index (χ1n) is 8.96. The van der Waals surface area contributed by atoms with E-state index in [9.17, 15) is 9.18 Å². The van der Waals surface area contributed by atoms with Gasteiger partial charge in [-0.05, 0) is 86.8 Å². The number of amides is 2. The summed E-state index contributed by atoms with van der Waals surface area (Å²) >= 11 is 5.75. The van der Waals surface area contributed by atoms with Crippen molar-refractivity contribution in [1.82, 2.24) is 5.32 Å². The Hall–Kier alpha value is -1.29. The standard InChI is InChI=1S/C19H24ClFN2O/c1-11(19-8-12-4-13(9-19)6-14(5-12)10-19)22-18(24)23-17-3-2-15(20)7-16(17)21/h2-3,7,11-14H,4-6,8-10H2,1H3,(H2,22,23,24)/t11-,12?,13?,14?,19?/m1/s1. The van der Waals surface area contributed by atoms with Crippen LogP contribution in [0, 0.1) is 29.0 Å². The third kappa shape index (κ3) is 2.90. The summed E-state index contributed by atoms with van der Waals surface area (Å²) in [4.78, 5) is 12.3. The molecule has 5 heteroatoms. The molecule has 2 N–H and O–H groups in total. The van der Waals surface area contributed by atoms with Crippen molar-refractivity contribution in [1.29, 1.82) is 0 Å². The molecule has 0 heterocycles. The van der Waals surface area contributed by atoms with E-state index >= 15 is 0 Å². The van der Waals surface area contributed by atoms with E-state index in [-0.39, 0.29) is 23.2 Å². The molecule has 5 rings (SSSR count). The fraction of sp³-hybridized carbons (Fsp3) is 0.632. The highest BCUT2D eigenvalue weighted by Gasteiger charge is 2.53. The second-order valence-electron chi connectivity index (χ2n) is 8.22. The van der Waals surface area contributed by atoms with Crippen molar-refractivity contribution in [3.63, 3.8) is 0 Å². The van der Waals surface area contributed by atoms with Crippen molar-refractivity contribution in [2.45, 2.75) is 51.5 Å². The number of benzene rings is 1. The van der Waals surface area contributed by atoms with E-state index in [4.69, 9.17) is 11.6 Å². The highest BCUT2D eigenvalue weighted by atomic mass is 35.5. The van der Waals surface area contributed by atoms with Crippen LogP contribution in [-0.2, 0) is 0 Å². The van der Waals surface area contributed by atoms with Crippen LogP contribution in [0.25, 0.3) is 0 Å². The number of halogens is 2. The third-order valence-corrected chi connectivity index (χ3v) is 6.77. The molecular formula is C19H24ClFN2O. The third-order valence-electron chi connectivity index (χ3n) is 6.53. The molecule has 0 radical (unpaired) electrons. The normalized spacial score (nSPS) is 34.9. The number of rotatable bonds is 3. The largest absolute Gasteiger partial charge is 0.335 e. The molecule has 0 unspecified atom stereocenters. The topological polar surface area (TPSA) is 41.1 Å². The van der Waals surface area contributed by atoms with E-state index in [0.29, 0.717) is 5.02 Å². The number of carbonyl (C=O) groups is 1. The minimum absolute atomic E-state index is 0.112. The van der Waals surface area contributed by atoms with E-state index in [0.717, 1.165) is 17.8 Å². The lowest BCUT2D eigenvalue weighted by Gasteiger charge is -2.59. The molecule has 24 heavy (non-hydrogen) atoms. The van der Waals surface area contributed by atoms with Gasteiger partial charge in [0.1, 0.15) is 5.82 Å². The Morgan fingerprint density at radius 2 is 1.79 bits per heavy atom. The van der Waals surface area contributed by atoms with Gasteiger partial charge in [0.15, 0.2) is 0 Å². The van der Waals surface area contributed by atoms with Gasteiger partial charge in [-0.25, -0.2) is 9.18 Å². The zero-order chi connectivity index (χ0) is 16.9. The molecule has 4 bridgehead atoms. The van der Waals surface area contributed by atoms with E-state index in [1.807, 2.05) is 0 Å². The Balaban J connectivity index is 1.42. The van der Waals surface area contributed by atoms with Crippen LogP contribution in [0.1, 0.15) is 45.4 Å². The van der Waals surface area contributed by atoms with Crippen LogP contribution in [0.2, 0.25) is 5.02 Å². The maximum Gasteiger partial charge on any atom is 0.319 e. The highest BCUT2D eigenvalue weighted by molar-refractivity contribution is 6.30. The Morgan fingerprint density at radius 1 is 1.21 bits per heavy atom. The highest BCUT2D eigenvalue weighted by Crippen LogP contribution is 2.61. The first kappa shape index (κ1) is 16.2. The van der Waals surface area contributed by atoms with Gasteiger partial charge in [0.25, 0.3) is 0 Å². The molecule has 130 valence electrons. The van der Waals surface area contributed by atoms with Crippen molar-refractivity contribution >= 4 is 23.3 Å². The first-order chi connectivity index (χ1) is 11.4. The second kappa shape index (κ2) is 5.91. The summed E-state index contributed by atoms with van der Waals surface area (Å²) in [6.07, 6.45) is 7.84. The van der Waals surface area contributed by atoms with E-state index in [1.54, 1.807) is 6.07 Å². The van der Waals surface area contributed by atoms with Crippen molar-refractivity contribution in [3.8, 4) is 0 Å². The van der Waals surface area contributed by atoms with E-state index < -0.39 is 5.82 Å². The van der Waals surface area contributed by atoms with Crippen LogP contribution < -0.4 is 10.6 Å². The lowest BCUT2D eigenvalue weighted by Crippen LogP contribution is -2.56. The molecule has 1 atom stereocenters. The molecule has 4 aliphatic carbocycles. The smallest absolute Gasteiger partial charge is 0.319 e. The van der Waals surface area contributed by atoms with Crippen LogP contribution in [0.5, 0.6) is 0 Å². The fourth-order valence-electron chi connectivity index (χ4n) is 5.81. The minimum Gasteiger partial charge on any atom is -0.335 e. The van der Waals surface area contributed by atoms with E-state index in [2.05, 4.69) is 17.6 Å². The van der Waals surface area contributed by atoms with Gasteiger partial charge < -0.3 is 10.6 Å². The average Bonchev–Trinajstić information content (AvgIpc) is 2.48. The lowest BCUT2D eigenvalue weighted by molar-refractivity contribution is -0.0679. The van der Waals surface area contributed by atoms with E-state index in [1.165, 1.54) is 50.7 Å². The molecule has 0 saturated heterocycles. The van der Waals surface area contributed by atoms with Gasteiger partial charge in [0.05, 0.1) is 5.69 Å². The summed E-state index contributed by atoms with van der Waals surface area (Å²) < 4.78 is 13.8. The summed E-state index contributed by atoms with van der Waals surface area (Å²) in [6.45, 7) is 2.12. The van der Waals surface area contributed by atoms with Crippen LogP contribution in [0.4, 0.5) is 14.9 Å². The molecule has 4 fully saturated rings. The van der Waals surface area contributed by atoms with Gasteiger partial charge in [0.2, 0.25) is 0 Å². The molecule has 1 aromatic carbocycles. The van der Waals surface area contributed by atoms with Gasteiger partial charge in [0, 0.05) is 11.1 Å². The average molecular weight is 351 g/mol. The molecule has 4 saturated carbocycles. The van der Waals surface area contributed by atoms with Gasteiger partial charge in [-0.2, -0.15) is 0 Å². The molecule has 2 amide bonds. The Labute approximate surface area is 147 Å². The number of hydrogen-bond acceptors (Lipinski definition) is 1. The quantitative estimate of drug-likeness (QED) is 0.772. The Morgan fingerprint density at radius 3 is 2.33 bits per heavy atom. The van der Waals surface area contributed by atoms with Gasteiger partial charge in [-0.15, -0.1) is 0 Å². The number of carbonyl (C=O) groups excluding carboxylic acids is 1. The SMILES string of the molecule is C[C@@H](NC(=O)Nc1ccc(Cl)cc1F)C12CC3CC(CC(C3)C1)C2. The summed E-state index contributed by atoms with van der Waals surface area (Å²) in [6, 6.07) is 4.05. The first-order valence-corrected chi connectivity index (χ1v) is 9.34. The summed E-state index contributed by atoms with van der Waals surface area (Å²) in [5.41, 5.74) is 0.402. The Kier molecular flexibility index (Phi) is 3.98. The zero-order valence-corrected chi connectivity index (χ0v) is 14.7. The predicted octanol–water partition coefficient (Wildman–Crippen LogP) is 5.21. The molecule has 0 spiro atoms. The van der Waals surface area contributed by atoms with Crippen molar-refractivity contribution in [2.75, 3.05) is 5.32 Å². The van der Waals surface area contributed by atoms with Gasteiger partial charge in [-0.3, -0.25) is 0 Å². The minimum atomic E-state index is -0.514.